The number of pyridine rings is 1. The zero-order chi connectivity index (χ0) is 15.3. The second-order valence-electron chi connectivity index (χ2n) is 4.23. The maximum absolute atomic E-state index is 12.4. The van der Waals surface area contributed by atoms with E-state index >= 15 is 0 Å². The van der Waals surface area contributed by atoms with E-state index < -0.39 is 10.0 Å². The number of aromatic nitrogens is 1. The van der Waals surface area contributed by atoms with Gasteiger partial charge in [-0.1, -0.05) is 30.0 Å². The number of rotatable bonds is 3. The number of nitrogens with zero attached hydrogens (tertiary/aromatic N) is 1. The van der Waals surface area contributed by atoms with Crippen molar-refractivity contribution < 1.29 is 13.5 Å². The number of aliphatic hydroxyl groups is 1. The standard InChI is InChI=1S/C15H14N2O3S/c1-12-6-4-10-15(16-12)17-21(19,20)14-9-3-2-7-13(14)8-5-11-18/h2-4,6-7,9-10,18H,11H2,1H3,(H,16,17). The average Bonchev–Trinajstić information content (AvgIpc) is 2.45. The molecule has 0 bridgehead atoms. The van der Waals surface area contributed by atoms with Crippen LogP contribution in [0.1, 0.15) is 11.3 Å². The summed E-state index contributed by atoms with van der Waals surface area (Å²) in [5.41, 5.74) is 1.04. The molecule has 0 amide bonds. The molecule has 5 nitrogen and oxygen atoms in total. The number of aryl methyl sites for hydroxylation is 1. The van der Waals surface area contributed by atoms with Crippen LogP contribution in [0.4, 0.5) is 5.82 Å². The summed E-state index contributed by atoms with van der Waals surface area (Å²) in [5, 5.41) is 8.74. The molecule has 0 spiro atoms. The lowest BCUT2D eigenvalue weighted by molar-refractivity contribution is 0.350. The summed E-state index contributed by atoms with van der Waals surface area (Å²) in [7, 11) is -3.79. The van der Waals surface area contributed by atoms with Gasteiger partial charge in [-0.2, -0.15) is 0 Å². The van der Waals surface area contributed by atoms with Crippen molar-refractivity contribution in [1.29, 1.82) is 0 Å². The monoisotopic (exact) mass is 302 g/mol. The zero-order valence-electron chi connectivity index (χ0n) is 11.4. The van der Waals surface area contributed by atoms with Crippen LogP contribution < -0.4 is 4.72 Å². The third-order valence-corrected chi connectivity index (χ3v) is 4.02. The van der Waals surface area contributed by atoms with Gasteiger partial charge in [-0.05, 0) is 31.2 Å². The summed E-state index contributed by atoms with van der Waals surface area (Å²) in [6.45, 7) is 1.44. The summed E-state index contributed by atoms with van der Waals surface area (Å²) in [6.07, 6.45) is 0. The highest BCUT2D eigenvalue weighted by molar-refractivity contribution is 7.92. The Balaban J connectivity index is 2.40. The van der Waals surface area contributed by atoms with Gasteiger partial charge in [-0.3, -0.25) is 4.72 Å². The summed E-state index contributed by atoms with van der Waals surface area (Å²) in [4.78, 5) is 4.16. The third kappa shape index (κ3) is 3.81. The zero-order valence-corrected chi connectivity index (χ0v) is 12.2. The molecular formula is C15H14N2O3S. The molecule has 0 aliphatic heterocycles. The smallest absolute Gasteiger partial charge is 0.264 e. The first-order valence-electron chi connectivity index (χ1n) is 6.18. The SMILES string of the molecule is Cc1cccc(NS(=O)(=O)c2ccccc2C#CCO)n1. The molecule has 0 saturated carbocycles. The van der Waals surface area contributed by atoms with Crippen molar-refractivity contribution in [3.8, 4) is 11.8 Å². The largest absolute Gasteiger partial charge is 0.384 e. The number of hydrogen-bond donors (Lipinski definition) is 2. The first-order valence-corrected chi connectivity index (χ1v) is 7.66. The highest BCUT2D eigenvalue weighted by atomic mass is 32.2. The lowest BCUT2D eigenvalue weighted by atomic mass is 10.2. The summed E-state index contributed by atoms with van der Waals surface area (Å²) < 4.78 is 27.3. The number of anilines is 1. The van der Waals surface area contributed by atoms with Gasteiger partial charge in [0.15, 0.2) is 0 Å². The molecule has 6 heteroatoms. The van der Waals surface area contributed by atoms with Crippen molar-refractivity contribution in [3.63, 3.8) is 0 Å². The quantitative estimate of drug-likeness (QED) is 0.843. The topological polar surface area (TPSA) is 79.3 Å². The van der Waals surface area contributed by atoms with Gasteiger partial charge in [0.25, 0.3) is 10.0 Å². The summed E-state index contributed by atoms with van der Waals surface area (Å²) in [5.74, 6) is 5.32. The highest BCUT2D eigenvalue weighted by Crippen LogP contribution is 2.18. The molecule has 0 saturated heterocycles. The van der Waals surface area contributed by atoms with Gasteiger partial charge in [0.05, 0.1) is 0 Å². The molecular weight excluding hydrogens is 288 g/mol. The van der Waals surface area contributed by atoms with E-state index in [0.717, 1.165) is 0 Å². The molecule has 1 heterocycles. The molecule has 0 aliphatic rings. The number of aliphatic hydroxyl groups excluding tert-OH is 1. The Morgan fingerprint density at radius 3 is 2.67 bits per heavy atom. The van der Waals surface area contributed by atoms with E-state index in [1.165, 1.54) is 6.07 Å². The number of nitrogens with one attached hydrogen (secondary N) is 1. The Hall–Kier alpha value is -2.36. The number of benzene rings is 1. The predicted octanol–water partition coefficient (Wildman–Crippen LogP) is 1.53. The van der Waals surface area contributed by atoms with Crippen LogP contribution in [0.5, 0.6) is 0 Å². The Kier molecular flexibility index (Phi) is 4.58. The molecule has 0 atom stereocenters. The maximum Gasteiger partial charge on any atom is 0.264 e. The molecule has 0 unspecified atom stereocenters. The third-order valence-electron chi connectivity index (χ3n) is 2.61. The molecule has 108 valence electrons. The van der Waals surface area contributed by atoms with Crippen LogP contribution in [0.25, 0.3) is 0 Å². The molecule has 0 radical (unpaired) electrons. The van der Waals surface area contributed by atoms with E-state index in [9.17, 15) is 8.42 Å². The maximum atomic E-state index is 12.4. The van der Waals surface area contributed by atoms with Crippen molar-refractivity contribution in [1.82, 2.24) is 4.98 Å². The highest BCUT2D eigenvalue weighted by Gasteiger charge is 2.18. The fourth-order valence-corrected chi connectivity index (χ4v) is 2.90. The average molecular weight is 302 g/mol. The molecule has 2 rings (SSSR count). The van der Waals surface area contributed by atoms with Crippen molar-refractivity contribution >= 4 is 15.8 Å². The van der Waals surface area contributed by atoms with Gasteiger partial charge in [-0.25, -0.2) is 13.4 Å². The van der Waals surface area contributed by atoms with E-state index in [4.69, 9.17) is 5.11 Å². The molecule has 1 aromatic carbocycles. The van der Waals surface area contributed by atoms with Gasteiger partial charge in [0.2, 0.25) is 0 Å². The van der Waals surface area contributed by atoms with Gasteiger partial charge in [-0.15, -0.1) is 0 Å². The minimum atomic E-state index is -3.79. The van der Waals surface area contributed by atoms with Gasteiger partial charge in [0, 0.05) is 11.3 Å². The lowest BCUT2D eigenvalue weighted by Gasteiger charge is -2.09. The predicted molar refractivity (Wildman–Crippen MR) is 80.2 cm³/mol. The van der Waals surface area contributed by atoms with Crippen molar-refractivity contribution in [2.24, 2.45) is 0 Å². The Bertz CT molecular complexity index is 805. The van der Waals surface area contributed by atoms with Gasteiger partial charge in [0.1, 0.15) is 17.3 Å². The minimum absolute atomic E-state index is 0.0502. The van der Waals surface area contributed by atoms with E-state index in [2.05, 4.69) is 21.5 Å². The minimum Gasteiger partial charge on any atom is -0.384 e. The number of hydrogen-bond acceptors (Lipinski definition) is 4. The molecule has 21 heavy (non-hydrogen) atoms. The van der Waals surface area contributed by atoms with Crippen LogP contribution in [0.2, 0.25) is 0 Å². The lowest BCUT2D eigenvalue weighted by Crippen LogP contribution is -2.15. The van der Waals surface area contributed by atoms with Crippen LogP contribution in [-0.4, -0.2) is 25.1 Å². The molecule has 0 aliphatic carbocycles. The van der Waals surface area contributed by atoms with Crippen LogP contribution in [0.3, 0.4) is 0 Å². The molecule has 0 fully saturated rings. The van der Waals surface area contributed by atoms with E-state index in [1.54, 1.807) is 43.3 Å². The van der Waals surface area contributed by atoms with E-state index in [0.29, 0.717) is 11.3 Å². The Labute approximate surface area is 123 Å². The van der Waals surface area contributed by atoms with Crippen LogP contribution in [-0.2, 0) is 10.0 Å². The Morgan fingerprint density at radius 2 is 1.95 bits per heavy atom. The number of sulfonamides is 1. The van der Waals surface area contributed by atoms with Crippen molar-refractivity contribution in [2.45, 2.75) is 11.8 Å². The molecule has 2 N–H and O–H groups in total. The van der Waals surface area contributed by atoms with Crippen LogP contribution >= 0.6 is 0 Å². The fraction of sp³-hybridized carbons (Fsp3) is 0.133. The molecule has 2 aromatic rings. The van der Waals surface area contributed by atoms with E-state index in [1.807, 2.05) is 0 Å². The first kappa shape index (κ1) is 15.0. The Morgan fingerprint density at radius 1 is 1.19 bits per heavy atom. The second kappa shape index (κ2) is 6.39. The fourth-order valence-electron chi connectivity index (χ4n) is 1.73. The van der Waals surface area contributed by atoms with Crippen LogP contribution in [0.15, 0.2) is 47.4 Å². The van der Waals surface area contributed by atoms with Crippen molar-refractivity contribution in [3.05, 3.63) is 53.7 Å². The van der Waals surface area contributed by atoms with Crippen molar-refractivity contribution in [2.75, 3.05) is 11.3 Å². The molecule has 1 aromatic heterocycles. The van der Waals surface area contributed by atoms with Gasteiger partial charge >= 0.3 is 0 Å². The van der Waals surface area contributed by atoms with Crippen LogP contribution in [0, 0.1) is 18.8 Å². The summed E-state index contributed by atoms with van der Waals surface area (Å²) >= 11 is 0. The van der Waals surface area contributed by atoms with E-state index in [-0.39, 0.29) is 17.3 Å². The summed E-state index contributed by atoms with van der Waals surface area (Å²) in [6, 6.07) is 11.4. The van der Waals surface area contributed by atoms with Gasteiger partial charge < -0.3 is 5.11 Å². The first-order chi connectivity index (χ1) is 10.0. The second-order valence-corrected chi connectivity index (χ2v) is 5.88. The normalized spacial score (nSPS) is 10.6.